The van der Waals surface area contributed by atoms with Crippen LogP contribution in [0.4, 0.5) is 0 Å². The van der Waals surface area contributed by atoms with Crippen LogP contribution in [-0.4, -0.2) is 70.5 Å². The molecule has 1 aliphatic rings. The highest BCUT2D eigenvalue weighted by atomic mass is 16.5. The van der Waals surface area contributed by atoms with Crippen molar-refractivity contribution in [3.8, 4) is 11.5 Å². The average Bonchev–Trinajstić information content (AvgIpc) is 3.20. The van der Waals surface area contributed by atoms with Crippen LogP contribution < -0.4 is 14.8 Å². The highest BCUT2D eigenvalue weighted by Gasteiger charge is 2.15. The molecule has 0 amide bonds. The van der Waals surface area contributed by atoms with Crippen molar-refractivity contribution in [3.63, 3.8) is 0 Å². The number of aliphatic imine (C=N–C) groups is 1. The van der Waals surface area contributed by atoms with E-state index in [-0.39, 0.29) is 0 Å². The van der Waals surface area contributed by atoms with Crippen LogP contribution in [0.3, 0.4) is 0 Å². The van der Waals surface area contributed by atoms with Gasteiger partial charge in [0.25, 0.3) is 0 Å². The minimum Gasteiger partial charge on any atom is -0.497 e. The third kappa shape index (κ3) is 5.81. The number of benzene rings is 1. The van der Waals surface area contributed by atoms with Gasteiger partial charge in [-0.05, 0) is 44.1 Å². The summed E-state index contributed by atoms with van der Waals surface area (Å²) in [5.41, 5.74) is 2.24. The number of aromatic amines is 1. The number of aromatic nitrogens is 1. The summed E-state index contributed by atoms with van der Waals surface area (Å²) >= 11 is 0. The summed E-state index contributed by atoms with van der Waals surface area (Å²) in [6.45, 7) is 3.72. The molecule has 1 aliphatic heterocycles. The monoisotopic (exact) mass is 416 g/mol. The second-order valence-corrected chi connectivity index (χ2v) is 7.93. The Bertz CT molecular complexity index is 827. The molecule has 1 fully saturated rings. The first kappa shape index (κ1) is 22.3. The molecule has 1 aromatic carbocycles. The van der Waals surface area contributed by atoms with E-state index in [4.69, 9.17) is 14.2 Å². The van der Waals surface area contributed by atoms with Crippen LogP contribution in [0.2, 0.25) is 0 Å². The molecule has 1 aromatic heterocycles. The van der Waals surface area contributed by atoms with Crippen molar-refractivity contribution >= 4 is 16.9 Å². The fourth-order valence-electron chi connectivity index (χ4n) is 4.04. The van der Waals surface area contributed by atoms with Crippen molar-refractivity contribution in [1.82, 2.24) is 15.2 Å². The van der Waals surface area contributed by atoms with E-state index in [1.165, 1.54) is 25.0 Å². The highest BCUT2D eigenvalue weighted by molar-refractivity contribution is 5.88. The molecule has 1 saturated heterocycles. The predicted molar refractivity (Wildman–Crippen MR) is 122 cm³/mol. The number of aryl methyl sites for hydroxylation is 1. The maximum atomic E-state index is 5.51. The first-order valence-electron chi connectivity index (χ1n) is 10.9. The van der Waals surface area contributed by atoms with Crippen LogP contribution >= 0.6 is 0 Å². The molecule has 2 N–H and O–H groups in total. The van der Waals surface area contributed by atoms with E-state index in [2.05, 4.69) is 33.3 Å². The molecule has 166 valence electrons. The van der Waals surface area contributed by atoms with Crippen molar-refractivity contribution in [1.29, 1.82) is 0 Å². The van der Waals surface area contributed by atoms with Crippen LogP contribution in [0.1, 0.15) is 31.4 Å². The molecule has 2 heterocycles. The van der Waals surface area contributed by atoms with E-state index in [9.17, 15) is 0 Å². The number of methoxy groups -OCH3 is 2. The van der Waals surface area contributed by atoms with E-state index >= 15 is 0 Å². The van der Waals surface area contributed by atoms with Crippen LogP contribution in [-0.2, 0) is 11.2 Å². The lowest BCUT2D eigenvalue weighted by molar-refractivity contribution is 0.0625. The zero-order chi connectivity index (χ0) is 21.3. The molecule has 0 saturated carbocycles. The van der Waals surface area contributed by atoms with Crippen molar-refractivity contribution in [2.24, 2.45) is 10.9 Å². The molecule has 0 spiro atoms. The van der Waals surface area contributed by atoms with Gasteiger partial charge in [0.15, 0.2) is 5.96 Å². The normalized spacial score (nSPS) is 15.4. The number of ether oxygens (including phenoxy) is 3. The number of hydrogen-bond donors (Lipinski definition) is 2. The Morgan fingerprint density at radius 3 is 2.73 bits per heavy atom. The number of rotatable bonds is 9. The van der Waals surface area contributed by atoms with Gasteiger partial charge in [-0.1, -0.05) is 0 Å². The van der Waals surface area contributed by atoms with Crippen LogP contribution in [0, 0.1) is 5.92 Å². The Balaban J connectivity index is 1.46. The van der Waals surface area contributed by atoms with Crippen LogP contribution in [0.5, 0.6) is 11.5 Å². The first-order valence-corrected chi connectivity index (χ1v) is 10.9. The molecule has 0 radical (unpaired) electrons. The van der Waals surface area contributed by atoms with E-state index in [0.717, 1.165) is 73.4 Å². The van der Waals surface area contributed by atoms with Crippen molar-refractivity contribution in [2.75, 3.05) is 54.6 Å². The Morgan fingerprint density at radius 1 is 1.23 bits per heavy atom. The number of guanidine groups is 1. The van der Waals surface area contributed by atoms with Crippen LogP contribution in [0.25, 0.3) is 10.9 Å². The fraction of sp³-hybridized carbons (Fsp3) is 0.609. The number of fused-ring (bicyclic) bond motifs is 1. The van der Waals surface area contributed by atoms with Gasteiger partial charge in [-0.2, -0.15) is 0 Å². The van der Waals surface area contributed by atoms with Crippen molar-refractivity contribution < 1.29 is 14.2 Å². The maximum Gasteiger partial charge on any atom is 0.193 e. The smallest absolute Gasteiger partial charge is 0.193 e. The van der Waals surface area contributed by atoms with Crippen molar-refractivity contribution in [2.45, 2.75) is 32.1 Å². The van der Waals surface area contributed by atoms with E-state index in [1.807, 2.05) is 19.2 Å². The van der Waals surface area contributed by atoms with Gasteiger partial charge >= 0.3 is 0 Å². The minimum atomic E-state index is 0.775. The summed E-state index contributed by atoms with van der Waals surface area (Å²) in [6, 6.07) is 6.10. The Kier molecular flexibility index (Phi) is 8.25. The van der Waals surface area contributed by atoms with Gasteiger partial charge < -0.3 is 29.4 Å². The Morgan fingerprint density at radius 2 is 2.03 bits per heavy atom. The maximum absolute atomic E-state index is 5.51. The van der Waals surface area contributed by atoms with Gasteiger partial charge in [0.05, 0.1) is 19.7 Å². The zero-order valence-corrected chi connectivity index (χ0v) is 18.8. The molecule has 0 unspecified atom stereocenters. The van der Waals surface area contributed by atoms with Gasteiger partial charge in [-0.25, -0.2) is 0 Å². The first-order chi connectivity index (χ1) is 14.6. The highest BCUT2D eigenvalue weighted by Crippen LogP contribution is 2.31. The molecular formula is C23H36N4O3. The van der Waals surface area contributed by atoms with Gasteiger partial charge in [0.1, 0.15) is 11.5 Å². The molecule has 30 heavy (non-hydrogen) atoms. The fourth-order valence-corrected chi connectivity index (χ4v) is 4.04. The minimum absolute atomic E-state index is 0.775. The Hall–Kier alpha value is -2.41. The molecule has 0 atom stereocenters. The van der Waals surface area contributed by atoms with E-state index < -0.39 is 0 Å². The summed E-state index contributed by atoms with van der Waals surface area (Å²) < 4.78 is 16.3. The summed E-state index contributed by atoms with van der Waals surface area (Å²) in [6.07, 6.45) is 5.53. The quantitative estimate of drug-likeness (QED) is 0.372. The zero-order valence-electron chi connectivity index (χ0n) is 18.8. The second kappa shape index (κ2) is 11.1. The summed E-state index contributed by atoms with van der Waals surface area (Å²) in [5.74, 6) is 3.36. The lowest BCUT2D eigenvalue weighted by Gasteiger charge is -2.26. The van der Waals surface area contributed by atoms with Gasteiger partial charge in [-0.15, -0.1) is 0 Å². The van der Waals surface area contributed by atoms with E-state index in [1.54, 1.807) is 14.2 Å². The number of nitrogens with one attached hydrogen (secondary N) is 2. The molecule has 7 heteroatoms. The van der Waals surface area contributed by atoms with E-state index in [0.29, 0.717) is 0 Å². The van der Waals surface area contributed by atoms with Gasteiger partial charge in [-0.3, -0.25) is 4.99 Å². The molecule has 3 rings (SSSR count). The summed E-state index contributed by atoms with van der Waals surface area (Å²) in [4.78, 5) is 10.2. The van der Waals surface area contributed by atoms with Crippen LogP contribution in [0.15, 0.2) is 23.2 Å². The average molecular weight is 417 g/mol. The standard InChI is InChI=1S/C23H36N4O3/c1-24-23(27(2)11-7-17-8-12-30-13-9-17)25-10-5-6-18-14-20-21(26-18)15-19(28-3)16-22(20)29-4/h14-17,26H,5-13H2,1-4H3,(H,24,25). The Labute approximate surface area is 179 Å². The summed E-state index contributed by atoms with van der Waals surface area (Å²) in [5, 5.41) is 4.58. The lowest BCUT2D eigenvalue weighted by Crippen LogP contribution is -2.40. The van der Waals surface area contributed by atoms with Gasteiger partial charge in [0, 0.05) is 63.6 Å². The summed E-state index contributed by atoms with van der Waals surface area (Å²) in [7, 11) is 7.33. The van der Waals surface area contributed by atoms with Gasteiger partial charge in [0.2, 0.25) is 0 Å². The number of H-pyrrole nitrogens is 1. The van der Waals surface area contributed by atoms with Crippen molar-refractivity contribution in [3.05, 3.63) is 23.9 Å². The molecular weight excluding hydrogens is 380 g/mol. The lowest BCUT2D eigenvalue weighted by atomic mass is 9.96. The largest absolute Gasteiger partial charge is 0.497 e. The third-order valence-corrected chi connectivity index (χ3v) is 5.88. The number of hydrogen-bond acceptors (Lipinski definition) is 4. The predicted octanol–water partition coefficient (Wildman–Crippen LogP) is 3.44. The SMILES string of the molecule is CN=C(NCCCc1cc2c(OC)cc(OC)cc2[nH]1)N(C)CCC1CCOCC1. The second-order valence-electron chi connectivity index (χ2n) is 7.93. The topological polar surface area (TPSA) is 71.1 Å². The molecule has 0 bridgehead atoms. The molecule has 7 nitrogen and oxygen atoms in total. The number of nitrogens with zero attached hydrogens (tertiary/aromatic N) is 2. The molecule has 2 aromatic rings. The third-order valence-electron chi connectivity index (χ3n) is 5.88. The molecule has 0 aliphatic carbocycles.